The first-order valence-corrected chi connectivity index (χ1v) is 8.18. The van der Waals surface area contributed by atoms with Crippen molar-refractivity contribution in [2.24, 2.45) is 0 Å². The fraction of sp³-hybridized carbons (Fsp3) is 0.133. The van der Waals surface area contributed by atoms with Crippen molar-refractivity contribution in [3.63, 3.8) is 0 Å². The number of benzene rings is 2. The summed E-state index contributed by atoms with van der Waals surface area (Å²) in [6, 6.07) is 9.44. The van der Waals surface area contributed by atoms with E-state index in [-0.39, 0.29) is 17.0 Å². The van der Waals surface area contributed by atoms with Gasteiger partial charge in [-0.1, -0.05) is 15.9 Å². The monoisotopic (exact) mass is 442 g/mol. The van der Waals surface area contributed by atoms with Crippen LogP contribution in [0, 0.1) is 10.1 Å². The SMILES string of the molecule is CCOc1ccc(C(=O)Nc2cc(Br)ccc2Br)cc1[N+](=O)[O-]. The maximum atomic E-state index is 12.3. The van der Waals surface area contributed by atoms with Crippen LogP contribution in [0.5, 0.6) is 5.75 Å². The van der Waals surface area contributed by atoms with Gasteiger partial charge in [-0.2, -0.15) is 0 Å². The maximum absolute atomic E-state index is 12.3. The first kappa shape index (κ1) is 17.4. The number of anilines is 1. The maximum Gasteiger partial charge on any atom is 0.311 e. The van der Waals surface area contributed by atoms with Gasteiger partial charge in [-0.05, 0) is 53.2 Å². The van der Waals surface area contributed by atoms with Crippen LogP contribution in [0.1, 0.15) is 17.3 Å². The number of carbonyl (C=O) groups excluding carboxylic acids is 1. The molecule has 6 nitrogen and oxygen atoms in total. The van der Waals surface area contributed by atoms with Crippen molar-refractivity contribution >= 4 is 49.1 Å². The molecule has 23 heavy (non-hydrogen) atoms. The first-order chi connectivity index (χ1) is 10.9. The van der Waals surface area contributed by atoms with Gasteiger partial charge in [0, 0.05) is 20.6 Å². The molecule has 1 amide bonds. The van der Waals surface area contributed by atoms with E-state index in [1.54, 1.807) is 19.1 Å². The number of hydrogen-bond donors (Lipinski definition) is 1. The highest BCUT2D eigenvalue weighted by molar-refractivity contribution is 9.11. The zero-order chi connectivity index (χ0) is 17.0. The minimum Gasteiger partial charge on any atom is -0.487 e. The van der Waals surface area contributed by atoms with E-state index in [1.165, 1.54) is 18.2 Å². The molecule has 0 saturated heterocycles. The molecule has 8 heteroatoms. The van der Waals surface area contributed by atoms with Gasteiger partial charge in [0.2, 0.25) is 0 Å². The molecule has 0 aliphatic carbocycles. The average Bonchev–Trinajstić information content (AvgIpc) is 2.51. The molecule has 0 aromatic heterocycles. The highest BCUT2D eigenvalue weighted by atomic mass is 79.9. The van der Waals surface area contributed by atoms with Crippen molar-refractivity contribution in [3.05, 3.63) is 61.0 Å². The molecule has 0 spiro atoms. The van der Waals surface area contributed by atoms with Crippen molar-refractivity contribution < 1.29 is 14.5 Å². The first-order valence-electron chi connectivity index (χ1n) is 6.60. The minimum absolute atomic E-state index is 0.137. The zero-order valence-electron chi connectivity index (χ0n) is 12.0. The molecule has 0 saturated carbocycles. The molecule has 2 rings (SSSR count). The molecule has 0 aliphatic heterocycles. The summed E-state index contributed by atoms with van der Waals surface area (Å²) in [7, 11) is 0. The summed E-state index contributed by atoms with van der Waals surface area (Å²) in [5.74, 6) is -0.312. The Morgan fingerprint density at radius 1 is 1.26 bits per heavy atom. The molecule has 0 fully saturated rings. The number of nitrogens with zero attached hydrogens (tertiary/aromatic N) is 1. The van der Waals surface area contributed by atoms with Gasteiger partial charge < -0.3 is 10.1 Å². The average molecular weight is 444 g/mol. The second-order valence-corrected chi connectivity index (χ2v) is 6.22. The van der Waals surface area contributed by atoms with E-state index in [0.29, 0.717) is 16.8 Å². The molecule has 0 radical (unpaired) electrons. The molecule has 2 aromatic carbocycles. The van der Waals surface area contributed by atoms with Crippen LogP contribution in [0.25, 0.3) is 0 Å². The summed E-state index contributed by atoms with van der Waals surface area (Å²) in [5.41, 5.74) is 0.487. The van der Waals surface area contributed by atoms with E-state index in [9.17, 15) is 14.9 Å². The second-order valence-electron chi connectivity index (χ2n) is 4.45. The Labute approximate surface area is 149 Å². The van der Waals surface area contributed by atoms with Crippen molar-refractivity contribution in [2.45, 2.75) is 6.92 Å². The largest absolute Gasteiger partial charge is 0.487 e. The quantitative estimate of drug-likeness (QED) is 0.532. The molecule has 0 heterocycles. The Morgan fingerprint density at radius 2 is 2.00 bits per heavy atom. The molecule has 0 aliphatic rings. The van der Waals surface area contributed by atoms with Gasteiger partial charge in [0.05, 0.1) is 17.2 Å². The third-order valence-electron chi connectivity index (χ3n) is 2.89. The van der Waals surface area contributed by atoms with Gasteiger partial charge in [0.25, 0.3) is 5.91 Å². The van der Waals surface area contributed by atoms with Crippen molar-refractivity contribution in [3.8, 4) is 5.75 Å². The third kappa shape index (κ3) is 4.29. The summed E-state index contributed by atoms with van der Waals surface area (Å²) >= 11 is 6.66. The van der Waals surface area contributed by atoms with E-state index in [0.717, 1.165) is 4.47 Å². The van der Waals surface area contributed by atoms with E-state index < -0.39 is 10.8 Å². The summed E-state index contributed by atoms with van der Waals surface area (Å²) in [6.07, 6.45) is 0. The molecule has 120 valence electrons. The second kappa shape index (κ2) is 7.56. The lowest BCUT2D eigenvalue weighted by Crippen LogP contribution is -2.13. The number of hydrogen-bond acceptors (Lipinski definition) is 4. The lowest BCUT2D eigenvalue weighted by Gasteiger charge is -2.09. The van der Waals surface area contributed by atoms with Gasteiger partial charge in [-0.25, -0.2) is 0 Å². The molecular weight excluding hydrogens is 432 g/mol. The number of nitro benzene ring substituents is 1. The predicted molar refractivity (Wildman–Crippen MR) is 94.1 cm³/mol. The number of carbonyl (C=O) groups is 1. The van der Waals surface area contributed by atoms with Gasteiger partial charge in [0.15, 0.2) is 5.75 Å². The number of nitrogens with one attached hydrogen (secondary N) is 1. The van der Waals surface area contributed by atoms with Crippen LogP contribution in [0.3, 0.4) is 0 Å². The fourth-order valence-electron chi connectivity index (χ4n) is 1.87. The Balaban J connectivity index is 2.30. The van der Waals surface area contributed by atoms with Crippen molar-refractivity contribution in [1.82, 2.24) is 0 Å². The lowest BCUT2D eigenvalue weighted by molar-refractivity contribution is -0.385. The normalized spacial score (nSPS) is 10.2. The summed E-state index contributed by atoms with van der Waals surface area (Å²) in [5, 5.41) is 13.8. The number of rotatable bonds is 5. The Morgan fingerprint density at radius 3 is 2.65 bits per heavy atom. The lowest BCUT2D eigenvalue weighted by atomic mass is 10.1. The molecule has 2 aromatic rings. The van der Waals surface area contributed by atoms with Gasteiger partial charge >= 0.3 is 5.69 Å². The molecular formula is C15H12Br2N2O4. The number of halogens is 2. The van der Waals surface area contributed by atoms with E-state index >= 15 is 0 Å². The van der Waals surface area contributed by atoms with E-state index in [1.807, 2.05) is 6.07 Å². The number of ether oxygens (including phenoxy) is 1. The third-order valence-corrected chi connectivity index (χ3v) is 4.08. The van der Waals surface area contributed by atoms with Crippen LogP contribution in [0.2, 0.25) is 0 Å². The smallest absolute Gasteiger partial charge is 0.311 e. The molecule has 0 unspecified atom stereocenters. The van der Waals surface area contributed by atoms with Crippen molar-refractivity contribution in [2.75, 3.05) is 11.9 Å². The van der Waals surface area contributed by atoms with Gasteiger partial charge in [-0.3, -0.25) is 14.9 Å². The van der Waals surface area contributed by atoms with Crippen LogP contribution in [-0.4, -0.2) is 17.4 Å². The summed E-state index contributed by atoms with van der Waals surface area (Å²) in [4.78, 5) is 22.8. The van der Waals surface area contributed by atoms with Gasteiger partial charge in [-0.15, -0.1) is 0 Å². The van der Waals surface area contributed by atoms with E-state index in [4.69, 9.17) is 4.74 Å². The van der Waals surface area contributed by atoms with E-state index in [2.05, 4.69) is 37.2 Å². The Bertz CT molecular complexity index is 765. The van der Waals surface area contributed by atoms with Crippen LogP contribution in [0.4, 0.5) is 11.4 Å². The van der Waals surface area contributed by atoms with Crippen molar-refractivity contribution in [1.29, 1.82) is 0 Å². The Hall–Kier alpha value is -1.93. The molecule has 1 N–H and O–H groups in total. The van der Waals surface area contributed by atoms with Gasteiger partial charge in [0.1, 0.15) is 0 Å². The number of amides is 1. The summed E-state index contributed by atoms with van der Waals surface area (Å²) in [6.45, 7) is 2.03. The molecule has 0 bridgehead atoms. The van der Waals surface area contributed by atoms with Crippen LogP contribution in [-0.2, 0) is 0 Å². The highest BCUT2D eigenvalue weighted by Crippen LogP contribution is 2.30. The predicted octanol–water partition coefficient (Wildman–Crippen LogP) is 4.77. The highest BCUT2D eigenvalue weighted by Gasteiger charge is 2.19. The van der Waals surface area contributed by atoms with Crippen LogP contribution >= 0.6 is 31.9 Å². The standard InChI is InChI=1S/C15H12Br2N2O4/c1-2-23-14-6-3-9(7-13(14)19(21)22)15(20)18-12-8-10(16)4-5-11(12)17/h3-8H,2H2,1H3,(H,18,20). The molecule has 0 atom stereocenters. The Kier molecular flexibility index (Phi) is 5.73. The zero-order valence-corrected chi connectivity index (χ0v) is 15.2. The van der Waals surface area contributed by atoms with Crippen LogP contribution < -0.4 is 10.1 Å². The minimum atomic E-state index is -0.573. The number of nitro groups is 1. The van der Waals surface area contributed by atoms with Crippen LogP contribution in [0.15, 0.2) is 45.3 Å². The fourth-order valence-corrected chi connectivity index (χ4v) is 2.57. The topological polar surface area (TPSA) is 81.5 Å². The summed E-state index contributed by atoms with van der Waals surface area (Å²) < 4.78 is 6.70.